The summed E-state index contributed by atoms with van der Waals surface area (Å²) < 4.78 is 13.6. The fraction of sp³-hybridized carbons (Fsp3) is 0.529. The normalized spacial score (nSPS) is 22.9. The minimum absolute atomic E-state index is 0.0561. The van der Waals surface area contributed by atoms with Gasteiger partial charge in [-0.25, -0.2) is 4.39 Å². The van der Waals surface area contributed by atoms with Crippen LogP contribution < -0.4 is 5.32 Å². The van der Waals surface area contributed by atoms with E-state index in [1.54, 1.807) is 12.1 Å². The second kappa shape index (κ2) is 6.46. The van der Waals surface area contributed by atoms with Gasteiger partial charge in [0.15, 0.2) is 0 Å². The Labute approximate surface area is 129 Å². The van der Waals surface area contributed by atoms with Crippen molar-refractivity contribution in [3.05, 3.63) is 30.1 Å². The lowest BCUT2D eigenvalue weighted by molar-refractivity contribution is -0.130. The predicted octanol–water partition coefficient (Wildman–Crippen LogP) is 2.95. The summed E-state index contributed by atoms with van der Waals surface area (Å²) in [4.78, 5) is 26.3. The van der Waals surface area contributed by atoms with Gasteiger partial charge in [-0.3, -0.25) is 9.59 Å². The average Bonchev–Trinajstić information content (AvgIpc) is 2.92. The highest BCUT2D eigenvalue weighted by Gasteiger charge is 2.38. The van der Waals surface area contributed by atoms with Gasteiger partial charge in [-0.1, -0.05) is 31.4 Å². The maximum Gasteiger partial charge on any atom is 0.229 e. The number of likely N-dealkylation sites (tertiary alicyclic amines) is 1. The Balaban J connectivity index is 1.62. The third-order valence-electron chi connectivity index (χ3n) is 4.68. The molecule has 22 heavy (non-hydrogen) atoms. The standard InChI is InChI=1S/C17H21FN2O2/c18-14-8-4-5-9-15(14)19-17(22)12-10-16(21)20(11-12)13-6-2-1-3-7-13/h4-5,8-9,12-13H,1-3,6-7,10-11H2,(H,19,22)/t12-/m1/s1. The lowest BCUT2D eigenvalue weighted by Gasteiger charge is -2.31. The van der Waals surface area contributed by atoms with E-state index >= 15 is 0 Å². The number of hydrogen-bond donors (Lipinski definition) is 1. The van der Waals surface area contributed by atoms with E-state index < -0.39 is 5.82 Å². The molecule has 1 saturated carbocycles. The Bertz CT molecular complexity index is 570. The average molecular weight is 304 g/mol. The SMILES string of the molecule is O=C(Nc1ccccc1F)[C@@H]1CC(=O)N(C2CCCCC2)C1. The summed E-state index contributed by atoms with van der Waals surface area (Å²) >= 11 is 0. The molecule has 2 amide bonds. The molecule has 5 heteroatoms. The number of carbonyl (C=O) groups excluding carboxylic acids is 2. The van der Waals surface area contributed by atoms with E-state index in [9.17, 15) is 14.0 Å². The topological polar surface area (TPSA) is 49.4 Å². The molecule has 0 unspecified atom stereocenters. The van der Waals surface area contributed by atoms with E-state index in [0.717, 1.165) is 25.7 Å². The zero-order valence-electron chi connectivity index (χ0n) is 12.6. The summed E-state index contributed by atoms with van der Waals surface area (Å²) in [6.07, 6.45) is 5.84. The Morgan fingerprint density at radius 1 is 1.18 bits per heavy atom. The highest BCUT2D eigenvalue weighted by Crippen LogP contribution is 2.29. The van der Waals surface area contributed by atoms with Crippen LogP contribution in [0.1, 0.15) is 38.5 Å². The van der Waals surface area contributed by atoms with E-state index in [1.807, 2.05) is 4.90 Å². The summed E-state index contributed by atoms with van der Waals surface area (Å²) in [7, 11) is 0. The summed E-state index contributed by atoms with van der Waals surface area (Å²) in [5, 5.41) is 2.60. The van der Waals surface area contributed by atoms with Crippen molar-refractivity contribution in [2.24, 2.45) is 5.92 Å². The van der Waals surface area contributed by atoms with Crippen molar-refractivity contribution in [3.8, 4) is 0 Å². The van der Waals surface area contributed by atoms with Crippen LogP contribution in [0.25, 0.3) is 0 Å². The first-order valence-electron chi connectivity index (χ1n) is 8.00. The number of rotatable bonds is 3. The molecule has 118 valence electrons. The molecule has 0 radical (unpaired) electrons. The van der Waals surface area contributed by atoms with Crippen LogP contribution >= 0.6 is 0 Å². The molecule has 3 rings (SSSR count). The molecule has 1 saturated heterocycles. The smallest absolute Gasteiger partial charge is 0.229 e. The molecule has 1 heterocycles. The molecule has 2 aliphatic rings. The maximum absolute atomic E-state index is 13.6. The first-order chi connectivity index (χ1) is 10.6. The quantitative estimate of drug-likeness (QED) is 0.933. The summed E-state index contributed by atoms with van der Waals surface area (Å²) in [6, 6.07) is 6.38. The van der Waals surface area contributed by atoms with Gasteiger partial charge in [0.05, 0.1) is 11.6 Å². The molecule has 1 aliphatic carbocycles. The van der Waals surface area contributed by atoms with Crippen molar-refractivity contribution in [2.45, 2.75) is 44.6 Å². The first kappa shape index (κ1) is 15.0. The number of hydrogen-bond acceptors (Lipinski definition) is 2. The van der Waals surface area contributed by atoms with E-state index in [0.29, 0.717) is 6.54 Å². The van der Waals surface area contributed by atoms with Crippen LogP contribution in [-0.4, -0.2) is 29.3 Å². The third-order valence-corrected chi connectivity index (χ3v) is 4.68. The molecule has 1 aromatic rings. The second-order valence-corrected chi connectivity index (χ2v) is 6.21. The van der Waals surface area contributed by atoms with Crippen molar-refractivity contribution in [2.75, 3.05) is 11.9 Å². The molecule has 0 bridgehead atoms. The van der Waals surface area contributed by atoms with Crippen LogP contribution in [0, 0.1) is 11.7 Å². The number of benzene rings is 1. The summed E-state index contributed by atoms with van der Waals surface area (Å²) in [6.45, 7) is 0.462. The number of para-hydroxylation sites is 1. The number of nitrogens with one attached hydrogen (secondary N) is 1. The molecule has 0 aromatic heterocycles. The van der Waals surface area contributed by atoms with Crippen LogP contribution in [0.3, 0.4) is 0 Å². The van der Waals surface area contributed by atoms with Crippen LogP contribution in [0.15, 0.2) is 24.3 Å². The van der Waals surface area contributed by atoms with Crippen molar-refractivity contribution >= 4 is 17.5 Å². The molecule has 0 spiro atoms. The van der Waals surface area contributed by atoms with Gasteiger partial charge in [-0.2, -0.15) is 0 Å². The number of anilines is 1. The molecule has 2 fully saturated rings. The number of halogens is 1. The highest BCUT2D eigenvalue weighted by molar-refractivity contribution is 5.97. The van der Waals surface area contributed by atoms with Crippen molar-refractivity contribution in [1.29, 1.82) is 0 Å². The molecule has 1 aliphatic heterocycles. The lowest BCUT2D eigenvalue weighted by atomic mass is 9.94. The minimum Gasteiger partial charge on any atom is -0.339 e. The van der Waals surface area contributed by atoms with Gasteiger partial charge in [0.25, 0.3) is 0 Å². The Morgan fingerprint density at radius 3 is 2.64 bits per heavy atom. The van der Waals surface area contributed by atoms with Gasteiger partial charge in [-0.15, -0.1) is 0 Å². The minimum atomic E-state index is -0.454. The van der Waals surface area contributed by atoms with Crippen molar-refractivity contribution < 1.29 is 14.0 Å². The van der Waals surface area contributed by atoms with Gasteiger partial charge < -0.3 is 10.2 Å². The monoisotopic (exact) mass is 304 g/mol. The van der Waals surface area contributed by atoms with Gasteiger partial charge in [-0.05, 0) is 25.0 Å². The zero-order valence-corrected chi connectivity index (χ0v) is 12.6. The summed E-state index contributed by atoms with van der Waals surface area (Å²) in [5.74, 6) is -1.05. The number of amides is 2. The highest BCUT2D eigenvalue weighted by atomic mass is 19.1. The molecule has 1 aromatic carbocycles. The molecule has 1 N–H and O–H groups in total. The van der Waals surface area contributed by atoms with Gasteiger partial charge in [0, 0.05) is 19.0 Å². The Hall–Kier alpha value is -1.91. The molecule has 1 atom stereocenters. The molecule has 4 nitrogen and oxygen atoms in total. The van der Waals surface area contributed by atoms with Gasteiger partial charge in [0.1, 0.15) is 5.82 Å². The van der Waals surface area contributed by atoms with Crippen molar-refractivity contribution in [3.63, 3.8) is 0 Å². The van der Waals surface area contributed by atoms with Crippen LogP contribution in [0.4, 0.5) is 10.1 Å². The van der Waals surface area contributed by atoms with Crippen molar-refractivity contribution in [1.82, 2.24) is 4.90 Å². The van der Waals surface area contributed by atoms with Crippen LogP contribution in [0.2, 0.25) is 0 Å². The van der Waals surface area contributed by atoms with Crippen LogP contribution in [0.5, 0.6) is 0 Å². The van der Waals surface area contributed by atoms with Gasteiger partial charge in [0.2, 0.25) is 11.8 Å². The fourth-order valence-corrected chi connectivity index (χ4v) is 3.45. The van der Waals surface area contributed by atoms with E-state index in [4.69, 9.17) is 0 Å². The maximum atomic E-state index is 13.6. The second-order valence-electron chi connectivity index (χ2n) is 6.21. The molecular weight excluding hydrogens is 283 g/mol. The van der Waals surface area contributed by atoms with Crippen LogP contribution in [-0.2, 0) is 9.59 Å². The Kier molecular flexibility index (Phi) is 4.41. The van der Waals surface area contributed by atoms with E-state index in [2.05, 4.69) is 5.32 Å². The Morgan fingerprint density at radius 2 is 1.91 bits per heavy atom. The molecular formula is C17H21FN2O2. The largest absolute Gasteiger partial charge is 0.339 e. The zero-order chi connectivity index (χ0) is 15.5. The third kappa shape index (κ3) is 3.13. The summed E-state index contributed by atoms with van der Waals surface area (Å²) in [5.41, 5.74) is 0.177. The van der Waals surface area contributed by atoms with Gasteiger partial charge >= 0.3 is 0 Å². The number of carbonyl (C=O) groups is 2. The predicted molar refractivity (Wildman–Crippen MR) is 81.7 cm³/mol. The fourth-order valence-electron chi connectivity index (χ4n) is 3.45. The van der Waals surface area contributed by atoms with E-state index in [-0.39, 0.29) is 35.9 Å². The first-order valence-corrected chi connectivity index (χ1v) is 8.00. The number of nitrogens with zero attached hydrogens (tertiary/aromatic N) is 1. The van der Waals surface area contributed by atoms with E-state index in [1.165, 1.54) is 18.6 Å². The lowest BCUT2D eigenvalue weighted by Crippen LogP contribution is -2.38.